The maximum Gasteiger partial charge on any atom is 0.317 e. The lowest BCUT2D eigenvalue weighted by molar-refractivity contribution is -0.139. The summed E-state index contributed by atoms with van der Waals surface area (Å²) < 4.78 is 0. The van der Waals surface area contributed by atoms with Crippen molar-refractivity contribution >= 4 is 106 Å². The lowest BCUT2D eigenvalue weighted by Gasteiger charge is -2.28. The molecule has 0 fully saturated rings. The Hall–Kier alpha value is -7.97. The molecular formula is C57H76Cl2N10O15S. The fourth-order valence-corrected chi connectivity index (χ4v) is 9.70. The highest BCUT2D eigenvalue weighted by Crippen LogP contribution is 2.34. The van der Waals surface area contributed by atoms with Gasteiger partial charge < -0.3 is 68.9 Å². The van der Waals surface area contributed by atoms with Crippen LogP contribution in [-0.2, 0) is 59.2 Å². The first-order valence-corrected chi connectivity index (χ1v) is 29.0. The van der Waals surface area contributed by atoms with Crippen LogP contribution in [-0.4, -0.2) is 147 Å². The number of halogens is 2. The van der Waals surface area contributed by atoms with Gasteiger partial charge in [0.1, 0.15) is 47.3 Å². The van der Waals surface area contributed by atoms with E-state index in [1.807, 2.05) is 0 Å². The van der Waals surface area contributed by atoms with Gasteiger partial charge in [-0.25, -0.2) is 0 Å². The number of rotatable bonds is 36. The second kappa shape index (κ2) is 36.0. The summed E-state index contributed by atoms with van der Waals surface area (Å²) in [5, 5.41) is 51.7. The predicted molar refractivity (Wildman–Crippen MR) is 316 cm³/mol. The minimum Gasteiger partial charge on any atom is -0.508 e. The number of aromatic hydroxyl groups is 1. The molecule has 85 heavy (non-hydrogen) atoms. The number of benzene rings is 3. The van der Waals surface area contributed by atoms with E-state index in [0.29, 0.717) is 21.0 Å². The van der Waals surface area contributed by atoms with Gasteiger partial charge in [0.2, 0.25) is 53.2 Å². The molecule has 0 bridgehead atoms. The van der Waals surface area contributed by atoms with E-state index in [1.54, 1.807) is 71.9 Å². The monoisotopic (exact) mass is 1240 g/mol. The number of phenolic OH excluding ortho intramolecular Hbond substituents is 1. The maximum absolute atomic E-state index is 14.5. The number of thioether (sulfide) groups is 1. The third-order valence-corrected chi connectivity index (χ3v) is 14.7. The van der Waals surface area contributed by atoms with Gasteiger partial charge >= 0.3 is 11.9 Å². The molecule has 3 aromatic carbocycles. The molecule has 0 saturated carbocycles. The molecule has 0 heterocycles. The first kappa shape index (κ1) is 71.3. The van der Waals surface area contributed by atoms with Gasteiger partial charge in [0.25, 0.3) is 5.91 Å². The Bertz CT molecular complexity index is 2830. The lowest BCUT2D eigenvalue weighted by atomic mass is 9.99. The van der Waals surface area contributed by atoms with E-state index in [0.717, 1.165) is 11.8 Å². The van der Waals surface area contributed by atoms with Crippen LogP contribution in [0.1, 0.15) is 102 Å². The normalized spacial score (nSPS) is 13.5. The molecule has 0 aromatic heterocycles. The summed E-state index contributed by atoms with van der Waals surface area (Å²) in [4.78, 5) is 159. The Balaban J connectivity index is 1.92. The third kappa shape index (κ3) is 26.2. The summed E-state index contributed by atoms with van der Waals surface area (Å²) >= 11 is 13.1. The van der Waals surface area contributed by atoms with Crippen LogP contribution in [0.4, 0.5) is 0 Å². The predicted octanol–water partition coefficient (Wildman–Crippen LogP) is 2.33. The number of primary amides is 1. The number of amides is 10. The number of carbonyl (C=O) groups excluding carboxylic acids is 10. The average molecular weight is 1240 g/mol. The number of carbonyl (C=O) groups is 12. The third-order valence-electron chi connectivity index (χ3n) is 12.7. The molecule has 14 N–H and O–H groups in total. The highest BCUT2D eigenvalue weighted by molar-refractivity contribution is 8.00. The van der Waals surface area contributed by atoms with Crippen LogP contribution in [0.25, 0.3) is 0 Å². The molecule has 0 aliphatic rings. The van der Waals surface area contributed by atoms with E-state index < -0.39 is 157 Å². The van der Waals surface area contributed by atoms with E-state index in [9.17, 15) is 72.9 Å². The molecule has 7 atom stereocenters. The van der Waals surface area contributed by atoms with Crippen LogP contribution >= 0.6 is 35.0 Å². The van der Waals surface area contributed by atoms with Crippen molar-refractivity contribution in [3.8, 4) is 5.75 Å². The molecule has 0 saturated heterocycles. The second-order valence-corrected chi connectivity index (χ2v) is 23.1. The number of phenols is 1. The van der Waals surface area contributed by atoms with E-state index >= 15 is 0 Å². The van der Waals surface area contributed by atoms with Crippen molar-refractivity contribution < 1.29 is 72.9 Å². The Labute approximate surface area is 506 Å². The standard InChI is InChI=1S/C57H76Cl2N10O15S/c1-30(2)24-40(67-56(82)49(32(5)6)69-46(73)28-62-51(77)34-12-8-7-9-13-34)55(81)64-38(14-10-11-23-61-44(71)27-43(57(83)84)85-42-26-35(58)17-20-37(42)59)53(79)65-39(21-22-47(74)75)54(80)66-41(25-33-15-18-36(70)19-16-33)52(78)63-29-45(72)68-48(31(3)4)50(60)76/h7-9,12-13,15-20,26,30-32,38-41,43,48-49,70H,10-11,14,21-25,27-29H2,1-6H3,(H2,60,76)(H,61,71)(H,62,77)(H,63,78)(H,64,81)(H,65,79)(H,66,80)(H,67,82)(H,68,72)(H,69,73)(H,74,75)(H,83,84)/t38-,39-,40-,41-,43+,48-,49-/m0/s1. The molecule has 3 rings (SSSR count). The second-order valence-electron chi connectivity index (χ2n) is 21.0. The largest absolute Gasteiger partial charge is 0.508 e. The molecular weight excluding hydrogens is 1170 g/mol. The van der Waals surface area contributed by atoms with Crippen molar-refractivity contribution in [3.05, 3.63) is 94.0 Å². The summed E-state index contributed by atoms with van der Waals surface area (Å²) in [6.45, 7) is 8.86. The highest BCUT2D eigenvalue weighted by atomic mass is 35.5. The molecule has 25 nitrogen and oxygen atoms in total. The zero-order valence-corrected chi connectivity index (χ0v) is 50.3. The molecule has 0 aliphatic heterocycles. The Morgan fingerprint density at radius 3 is 1.69 bits per heavy atom. The van der Waals surface area contributed by atoms with Gasteiger partial charge in [0.15, 0.2) is 0 Å². The minimum absolute atomic E-state index is 0.00220. The molecule has 464 valence electrons. The molecule has 0 radical (unpaired) electrons. The van der Waals surface area contributed by atoms with Gasteiger partial charge in [0, 0.05) is 41.3 Å². The van der Waals surface area contributed by atoms with E-state index in [1.165, 1.54) is 42.5 Å². The molecule has 28 heteroatoms. The quantitative estimate of drug-likeness (QED) is 0.0293. The van der Waals surface area contributed by atoms with Crippen molar-refractivity contribution in [2.24, 2.45) is 23.5 Å². The summed E-state index contributed by atoms with van der Waals surface area (Å²) in [6, 6.07) is 9.71. The van der Waals surface area contributed by atoms with Gasteiger partial charge in [-0.15, -0.1) is 11.8 Å². The first-order valence-electron chi connectivity index (χ1n) is 27.4. The van der Waals surface area contributed by atoms with Gasteiger partial charge in [-0.1, -0.05) is 95.1 Å². The summed E-state index contributed by atoms with van der Waals surface area (Å²) in [5.41, 5.74) is 6.13. The maximum atomic E-state index is 14.5. The first-order chi connectivity index (χ1) is 40.0. The Morgan fingerprint density at radius 1 is 0.576 bits per heavy atom. The topological polar surface area (TPSA) is 400 Å². The van der Waals surface area contributed by atoms with Gasteiger partial charge in [-0.2, -0.15) is 0 Å². The van der Waals surface area contributed by atoms with Crippen LogP contribution in [0.2, 0.25) is 10.0 Å². The van der Waals surface area contributed by atoms with Crippen molar-refractivity contribution in [3.63, 3.8) is 0 Å². The minimum atomic E-state index is -1.70. The van der Waals surface area contributed by atoms with Crippen molar-refractivity contribution in [2.75, 3.05) is 19.6 Å². The number of hydrogen-bond acceptors (Lipinski definition) is 14. The molecule has 0 aliphatic carbocycles. The van der Waals surface area contributed by atoms with Gasteiger partial charge in [-0.05, 0) is 97.9 Å². The number of unbranched alkanes of at least 4 members (excludes halogenated alkanes) is 1. The van der Waals surface area contributed by atoms with Gasteiger partial charge in [-0.3, -0.25) is 57.5 Å². The fraction of sp³-hybridized carbons (Fsp3) is 0.474. The van der Waals surface area contributed by atoms with Crippen LogP contribution in [0, 0.1) is 17.8 Å². The lowest BCUT2D eigenvalue weighted by Crippen LogP contribution is -2.60. The fourth-order valence-electron chi connectivity index (χ4n) is 8.20. The molecule has 0 spiro atoms. The number of hydrogen-bond donors (Lipinski definition) is 13. The number of carboxylic acids is 2. The zero-order valence-electron chi connectivity index (χ0n) is 48.0. The number of nitrogens with two attached hydrogens (primary N) is 1. The van der Waals surface area contributed by atoms with E-state index in [2.05, 4.69) is 47.9 Å². The van der Waals surface area contributed by atoms with Crippen LogP contribution in [0.15, 0.2) is 77.7 Å². The number of nitrogens with one attached hydrogen (secondary N) is 9. The number of carboxylic acid groups (broad SMARTS) is 2. The smallest absolute Gasteiger partial charge is 0.317 e. The van der Waals surface area contributed by atoms with Crippen molar-refractivity contribution in [1.29, 1.82) is 0 Å². The average Bonchev–Trinajstić information content (AvgIpc) is 3.63. The van der Waals surface area contributed by atoms with Gasteiger partial charge in [0.05, 0.1) is 18.1 Å². The zero-order chi connectivity index (χ0) is 63.5. The Kier molecular flexibility index (Phi) is 30.2. The molecule has 0 unspecified atom stereocenters. The molecule has 10 amide bonds. The van der Waals surface area contributed by atoms with Crippen LogP contribution in [0.3, 0.4) is 0 Å². The summed E-state index contributed by atoms with van der Waals surface area (Å²) in [6.07, 6.45) is -1.96. The number of aliphatic carboxylic acids is 2. The highest BCUT2D eigenvalue weighted by Gasteiger charge is 2.35. The van der Waals surface area contributed by atoms with E-state index in [-0.39, 0.29) is 55.3 Å². The summed E-state index contributed by atoms with van der Waals surface area (Å²) in [7, 11) is 0. The van der Waals surface area contributed by atoms with Crippen LogP contribution < -0.4 is 53.6 Å². The SMILES string of the molecule is CC(C)C[C@H](NC(=O)[C@@H](NC(=O)CNC(=O)c1ccccc1)C(C)C)C(=O)N[C@@H](CCCCNC(=O)C[C@@H](Sc1cc(Cl)ccc1Cl)C(=O)O)C(=O)N[C@@H](CCC(=O)O)C(=O)N[C@@H](Cc1ccc(O)cc1)C(=O)NCC(=O)N[C@H](C(N)=O)C(C)C. The molecule has 3 aromatic rings. The Morgan fingerprint density at radius 2 is 1.13 bits per heavy atom. The van der Waals surface area contributed by atoms with Crippen LogP contribution in [0.5, 0.6) is 5.75 Å². The van der Waals surface area contributed by atoms with E-state index in [4.69, 9.17) is 28.9 Å². The van der Waals surface area contributed by atoms with Crippen molar-refractivity contribution in [2.45, 2.75) is 139 Å². The van der Waals surface area contributed by atoms with Crippen molar-refractivity contribution in [1.82, 2.24) is 47.9 Å². The summed E-state index contributed by atoms with van der Waals surface area (Å²) in [5.74, 6) is -12.2.